The second kappa shape index (κ2) is 7.22. The van der Waals surface area contributed by atoms with Gasteiger partial charge in [-0.1, -0.05) is 37.6 Å². The number of nitrogens with zero attached hydrogens (tertiary/aromatic N) is 5. The van der Waals surface area contributed by atoms with Crippen molar-refractivity contribution < 1.29 is 4.79 Å². The van der Waals surface area contributed by atoms with E-state index in [-0.39, 0.29) is 0 Å². The molecule has 0 unspecified atom stereocenters. The summed E-state index contributed by atoms with van der Waals surface area (Å²) < 4.78 is 1.80. The van der Waals surface area contributed by atoms with Gasteiger partial charge < -0.3 is 4.90 Å². The summed E-state index contributed by atoms with van der Waals surface area (Å²) in [5.74, 6) is 0. The van der Waals surface area contributed by atoms with Crippen LogP contribution in [0.25, 0.3) is 5.69 Å². The third-order valence-corrected chi connectivity index (χ3v) is 3.42. The number of tetrazole rings is 1. The molecule has 0 spiro atoms. The monoisotopic (exact) mass is 323 g/mol. The largest absolute Gasteiger partial charge is 0.377 e. The van der Waals surface area contributed by atoms with Crippen LogP contribution in [0.4, 0.5) is 4.79 Å². The normalized spacial score (nSPS) is 10.7. The molecule has 0 aliphatic rings. The van der Waals surface area contributed by atoms with Crippen molar-refractivity contribution in [3.05, 3.63) is 39.8 Å². The fourth-order valence-electron chi connectivity index (χ4n) is 2.12. The van der Waals surface area contributed by atoms with Gasteiger partial charge in [0.25, 0.3) is 0 Å². The highest BCUT2D eigenvalue weighted by atomic mass is 35.5. The minimum Gasteiger partial charge on any atom is -0.323 e. The highest BCUT2D eigenvalue weighted by Crippen LogP contribution is 2.16. The summed E-state index contributed by atoms with van der Waals surface area (Å²) in [5.41, 5.74) is -0.235. The summed E-state index contributed by atoms with van der Waals surface area (Å²) in [6.45, 7) is 5.08. The zero-order chi connectivity index (χ0) is 16.1. The Balaban J connectivity index is 2.37. The van der Waals surface area contributed by atoms with Crippen molar-refractivity contribution in [1.29, 1.82) is 0 Å². The van der Waals surface area contributed by atoms with Crippen LogP contribution in [0.2, 0.25) is 5.02 Å². The number of aromatic nitrogens is 4. The smallest absolute Gasteiger partial charge is 0.323 e. The van der Waals surface area contributed by atoms with Crippen molar-refractivity contribution in [2.45, 2.75) is 26.7 Å². The van der Waals surface area contributed by atoms with Crippen LogP contribution in [0.1, 0.15) is 26.7 Å². The number of carbonyl (C=O) groups excluding carboxylic acids is 1. The Kier molecular flexibility index (Phi) is 5.32. The molecule has 0 radical (unpaired) electrons. The molecule has 0 aliphatic carbocycles. The first-order valence-electron chi connectivity index (χ1n) is 7.19. The van der Waals surface area contributed by atoms with E-state index in [0.29, 0.717) is 23.8 Å². The van der Waals surface area contributed by atoms with E-state index >= 15 is 0 Å². The van der Waals surface area contributed by atoms with E-state index in [1.807, 2.05) is 13.8 Å². The molecule has 2 rings (SSSR count). The van der Waals surface area contributed by atoms with Crippen molar-refractivity contribution in [3.8, 4) is 5.69 Å². The highest BCUT2D eigenvalue weighted by molar-refractivity contribution is 6.32. The summed E-state index contributed by atoms with van der Waals surface area (Å²) in [7, 11) is 0. The Morgan fingerprint density at radius 2 is 1.82 bits per heavy atom. The van der Waals surface area contributed by atoms with Crippen LogP contribution in [-0.4, -0.2) is 43.8 Å². The molecule has 118 valence electrons. The Bertz CT molecular complexity index is 703. The summed E-state index contributed by atoms with van der Waals surface area (Å²) in [6, 6.07) is 6.30. The molecule has 0 bridgehead atoms. The average Bonchev–Trinajstić information content (AvgIpc) is 2.88. The predicted octanol–water partition coefficient (Wildman–Crippen LogP) is 2.17. The molecule has 0 N–H and O–H groups in total. The predicted molar refractivity (Wildman–Crippen MR) is 83.6 cm³/mol. The number of para-hydroxylation sites is 1. The van der Waals surface area contributed by atoms with E-state index in [4.69, 9.17) is 11.6 Å². The van der Waals surface area contributed by atoms with Crippen LogP contribution in [0.15, 0.2) is 29.1 Å². The highest BCUT2D eigenvalue weighted by Gasteiger charge is 2.21. The van der Waals surface area contributed by atoms with E-state index in [1.54, 1.807) is 29.2 Å². The van der Waals surface area contributed by atoms with Gasteiger partial charge in [-0.15, -0.1) is 4.68 Å². The molecule has 8 heteroatoms. The van der Waals surface area contributed by atoms with Gasteiger partial charge in [0.15, 0.2) is 0 Å². The lowest BCUT2D eigenvalue weighted by molar-refractivity contribution is 0.194. The second-order valence-corrected chi connectivity index (χ2v) is 5.21. The molecule has 0 aliphatic heterocycles. The van der Waals surface area contributed by atoms with Crippen molar-refractivity contribution in [2.24, 2.45) is 0 Å². The number of hydrogen-bond acceptors (Lipinski definition) is 4. The minimum atomic E-state index is -0.629. The fourth-order valence-corrected chi connectivity index (χ4v) is 2.33. The molecular formula is C14H18ClN5O2. The molecule has 0 fully saturated rings. The van der Waals surface area contributed by atoms with Crippen molar-refractivity contribution in [1.82, 2.24) is 24.7 Å². The molecule has 1 aromatic carbocycles. The topological polar surface area (TPSA) is 73.0 Å². The number of amides is 1. The zero-order valence-corrected chi connectivity index (χ0v) is 13.3. The first kappa shape index (κ1) is 16.2. The summed E-state index contributed by atoms with van der Waals surface area (Å²) in [6.07, 6.45) is 1.61. The molecule has 1 amide bonds. The van der Waals surface area contributed by atoms with Crippen molar-refractivity contribution in [3.63, 3.8) is 0 Å². The molecule has 1 heterocycles. The zero-order valence-electron chi connectivity index (χ0n) is 12.6. The fraction of sp³-hybridized carbons (Fsp3) is 0.429. The molecule has 22 heavy (non-hydrogen) atoms. The van der Waals surface area contributed by atoms with Crippen molar-refractivity contribution in [2.75, 3.05) is 13.1 Å². The third-order valence-electron chi connectivity index (χ3n) is 3.10. The lowest BCUT2D eigenvalue weighted by Crippen LogP contribution is -2.41. The number of hydrogen-bond donors (Lipinski definition) is 0. The second-order valence-electron chi connectivity index (χ2n) is 4.81. The first-order chi connectivity index (χ1) is 10.6. The maximum atomic E-state index is 12.4. The Hall–Kier alpha value is -2.15. The molecule has 0 saturated carbocycles. The van der Waals surface area contributed by atoms with Crippen LogP contribution in [0, 0.1) is 0 Å². The van der Waals surface area contributed by atoms with E-state index in [0.717, 1.165) is 22.2 Å². The van der Waals surface area contributed by atoms with Gasteiger partial charge in [0.2, 0.25) is 0 Å². The van der Waals surface area contributed by atoms with Crippen LogP contribution in [-0.2, 0) is 0 Å². The van der Waals surface area contributed by atoms with Gasteiger partial charge in [-0.05, 0) is 35.4 Å². The van der Waals surface area contributed by atoms with Crippen molar-refractivity contribution >= 4 is 17.6 Å². The number of carbonyl (C=O) groups is 1. The maximum absolute atomic E-state index is 12.4. The molecule has 2 aromatic rings. The van der Waals surface area contributed by atoms with Crippen LogP contribution >= 0.6 is 11.6 Å². The molecule has 7 nitrogen and oxygen atoms in total. The lowest BCUT2D eigenvalue weighted by atomic mass is 10.3. The van der Waals surface area contributed by atoms with Gasteiger partial charge in [-0.25, -0.2) is 9.59 Å². The molecular weight excluding hydrogens is 306 g/mol. The van der Waals surface area contributed by atoms with Crippen LogP contribution in [0.3, 0.4) is 0 Å². The Labute approximate surface area is 133 Å². The van der Waals surface area contributed by atoms with Gasteiger partial charge in [-0.2, -0.15) is 4.68 Å². The van der Waals surface area contributed by atoms with Crippen LogP contribution < -0.4 is 5.69 Å². The van der Waals surface area contributed by atoms with Gasteiger partial charge in [0.05, 0.1) is 10.7 Å². The van der Waals surface area contributed by atoms with Gasteiger partial charge in [-0.3, -0.25) is 0 Å². The standard InChI is InChI=1S/C14H18ClN5O2/c1-3-9-18(10-4-2)13(21)20-14(22)19(16-17-20)12-8-6-5-7-11(12)15/h5-8H,3-4,9-10H2,1-2H3. The van der Waals surface area contributed by atoms with E-state index in [2.05, 4.69) is 10.4 Å². The Morgan fingerprint density at radius 1 is 1.18 bits per heavy atom. The third kappa shape index (κ3) is 3.19. The quantitative estimate of drug-likeness (QED) is 0.790. The van der Waals surface area contributed by atoms with E-state index in [1.165, 1.54) is 0 Å². The summed E-state index contributed by atoms with van der Waals surface area (Å²) in [5, 5.41) is 7.81. The number of rotatable bonds is 5. The van der Waals surface area contributed by atoms with Gasteiger partial charge >= 0.3 is 11.7 Å². The maximum Gasteiger partial charge on any atom is 0.377 e. The minimum absolute atomic E-state index is 0.364. The van der Waals surface area contributed by atoms with E-state index < -0.39 is 11.7 Å². The van der Waals surface area contributed by atoms with E-state index in [9.17, 15) is 9.59 Å². The number of halogens is 1. The summed E-state index contributed by atoms with van der Waals surface area (Å²) in [4.78, 5) is 26.4. The first-order valence-corrected chi connectivity index (χ1v) is 7.57. The molecule has 0 saturated heterocycles. The van der Waals surface area contributed by atoms with Gasteiger partial charge in [0.1, 0.15) is 0 Å². The van der Waals surface area contributed by atoms with Gasteiger partial charge in [0, 0.05) is 13.1 Å². The Morgan fingerprint density at radius 3 is 2.41 bits per heavy atom. The molecule has 1 aromatic heterocycles. The van der Waals surface area contributed by atoms with Crippen LogP contribution in [0.5, 0.6) is 0 Å². The summed E-state index contributed by atoms with van der Waals surface area (Å²) >= 11 is 6.05. The molecule has 0 atom stereocenters. The number of benzene rings is 1. The SMILES string of the molecule is CCCN(CCC)C(=O)n1nnn(-c2ccccc2Cl)c1=O. The average molecular weight is 324 g/mol. The lowest BCUT2D eigenvalue weighted by Gasteiger charge is -2.19.